The number of ether oxygens (including phenoxy) is 1. The van der Waals surface area contributed by atoms with Gasteiger partial charge in [-0.2, -0.15) is 4.31 Å². The van der Waals surface area contributed by atoms with Crippen LogP contribution in [-0.4, -0.2) is 52.8 Å². The highest BCUT2D eigenvalue weighted by atomic mass is 32.2. The van der Waals surface area contributed by atoms with Crippen molar-refractivity contribution in [3.05, 3.63) is 43.9 Å². The van der Waals surface area contributed by atoms with Crippen molar-refractivity contribution in [1.82, 2.24) is 13.4 Å². The molecule has 0 radical (unpaired) electrons. The maximum atomic E-state index is 12.8. The first kappa shape index (κ1) is 23.9. The van der Waals surface area contributed by atoms with Crippen LogP contribution in [-0.2, 0) is 33.7 Å². The SMILES string of the molecule is C[C@H](OC(=O)C1CCN(S(=O)(=O)c2cccs2)CC1)C(=O)c1c(N)n(C)c(=O)n(C)c1=O. The maximum absolute atomic E-state index is 12.8. The third-order valence-corrected chi connectivity index (χ3v) is 8.77. The van der Waals surface area contributed by atoms with Crippen LogP contribution in [0.5, 0.6) is 0 Å². The van der Waals surface area contributed by atoms with Gasteiger partial charge in [0.2, 0.25) is 5.78 Å². The first-order valence-electron chi connectivity index (χ1n) is 9.80. The Kier molecular flexibility index (Phi) is 6.72. The number of aromatic nitrogens is 2. The highest BCUT2D eigenvalue weighted by molar-refractivity contribution is 7.91. The molecule has 13 heteroatoms. The number of carbonyl (C=O) groups is 2. The first-order chi connectivity index (χ1) is 15.0. The fourth-order valence-electron chi connectivity index (χ4n) is 3.49. The number of rotatable bonds is 6. The second kappa shape index (κ2) is 9.00. The zero-order chi connectivity index (χ0) is 23.8. The maximum Gasteiger partial charge on any atom is 0.332 e. The van der Waals surface area contributed by atoms with Gasteiger partial charge in [0.05, 0.1) is 5.92 Å². The summed E-state index contributed by atoms with van der Waals surface area (Å²) in [6.07, 6.45) is -0.815. The zero-order valence-electron chi connectivity index (χ0n) is 17.8. The number of carbonyl (C=O) groups excluding carboxylic acids is 2. The van der Waals surface area contributed by atoms with Crippen molar-refractivity contribution in [2.24, 2.45) is 20.0 Å². The molecule has 1 saturated heterocycles. The van der Waals surface area contributed by atoms with Gasteiger partial charge >= 0.3 is 11.7 Å². The second-order valence-electron chi connectivity index (χ2n) is 7.52. The molecule has 0 aliphatic carbocycles. The molecule has 32 heavy (non-hydrogen) atoms. The molecule has 3 rings (SSSR count). The van der Waals surface area contributed by atoms with Gasteiger partial charge in [-0.15, -0.1) is 11.3 Å². The summed E-state index contributed by atoms with van der Waals surface area (Å²) < 4.78 is 33.8. The van der Waals surface area contributed by atoms with Gasteiger partial charge in [0.1, 0.15) is 15.6 Å². The minimum absolute atomic E-state index is 0.149. The molecule has 0 unspecified atom stereocenters. The van der Waals surface area contributed by atoms with E-state index in [4.69, 9.17) is 10.5 Å². The molecule has 2 aromatic rings. The number of sulfonamides is 1. The average molecular weight is 485 g/mol. The van der Waals surface area contributed by atoms with Crippen molar-refractivity contribution in [2.45, 2.75) is 30.1 Å². The lowest BCUT2D eigenvalue weighted by molar-refractivity contribution is -0.152. The fourth-order valence-corrected chi connectivity index (χ4v) is 6.10. The Hall–Kier alpha value is -2.77. The van der Waals surface area contributed by atoms with Crippen LogP contribution >= 0.6 is 11.3 Å². The summed E-state index contributed by atoms with van der Waals surface area (Å²) in [7, 11) is -1.05. The first-order valence-corrected chi connectivity index (χ1v) is 12.1. The number of hydrogen-bond acceptors (Lipinski definition) is 9. The van der Waals surface area contributed by atoms with Gasteiger partial charge in [-0.3, -0.25) is 23.5 Å². The van der Waals surface area contributed by atoms with Crippen molar-refractivity contribution in [1.29, 1.82) is 0 Å². The van der Waals surface area contributed by atoms with Gasteiger partial charge in [0.25, 0.3) is 15.6 Å². The molecule has 0 spiro atoms. The number of Topliss-reactive ketones (excluding diaryl/α,β-unsaturated/α-hetero) is 1. The van der Waals surface area contributed by atoms with Crippen LogP contribution in [0.4, 0.5) is 5.82 Å². The van der Waals surface area contributed by atoms with Gasteiger partial charge in [0.15, 0.2) is 6.10 Å². The summed E-state index contributed by atoms with van der Waals surface area (Å²) in [6, 6.07) is 3.19. The largest absolute Gasteiger partial charge is 0.454 e. The normalized spacial score (nSPS) is 16.6. The van der Waals surface area contributed by atoms with Gasteiger partial charge < -0.3 is 10.5 Å². The van der Waals surface area contributed by atoms with Crippen molar-refractivity contribution in [2.75, 3.05) is 18.8 Å². The van der Waals surface area contributed by atoms with E-state index >= 15 is 0 Å². The number of piperidine rings is 1. The van der Waals surface area contributed by atoms with Crippen LogP contribution in [0.1, 0.15) is 30.1 Å². The number of ketones is 1. The monoisotopic (exact) mass is 484 g/mol. The third-order valence-electron chi connectivity index (χ3n) is 5.49. The summed E-state index contributed by atoms with van der Waals surface area (Å²) in [6.45, 7) is 1.62. The Labute approximate surface area is 188 Å². The van der Waals surface area contributed by atoms with E-state index in [-0.39, 0.29) is 36.0 Å². The lowest BCUT2D eigenvalue weighted by atomic mass is 9.98. The molecule has 1 atom stereocenters. The van der Waals surface area contributed by atoms with Crippen molar-refractivity contribution >= 4 is 38.9 Å². The van der Waals surface area contributed by atoms with E-state index in [0.717, 1.165) is 20.5 Å². The Bertz CT molecular complexity index is 1250. The number of anilines is 1. The highest BCUT2D eigenvalue weighted by Gasteiger charge is 2.35. The third kappa shape index (κ3) is 4.27. The van der Waals surface area contributed by atoms with E-state index in [2.05, 4.69) is 0 Å². The van der Waals surface area contributed by atoms with Crippen molar-refractivity contribution < 1.29 is 22.7 Å². The van der Waals surface area contributed by atoms with Gasteiger partial charge in [-0.1, -0.05) is 6.07 Å². The molecular weight excluding hydrogens is 460 g/mol. The molecule has 0 aromatic carbocycles. The van der Waals surface area contributed by atoms with E-state index in [1.807, 2.05) is 0 Å². The van der Waals surface area contributed by atoms with E-state index in [9.17, 15) is 27.6 Å². The van der Waals surface area contributed by atoms with Crippen LogP contribution in [0.2, 0.25) is 0 Å². The summed E-state index contributed by atoms with van der Waals surface area (Å²) >= 11 is 1.13. The van der Waals surface area contributed by atoms with Crippen LogP contribution in [0.3, 0.4) is 0 Å². The predicted octanol–water partition coefficient (Wildman–Crippen LogP) is -0.0570. The zero-order valence-corrected chi connectivity index (χ0v) is 19.4. The fraction of sp³-hybridized carbons (Fsp3) is 0.474. The lowest BCUT2D eigenvalue weighted by Gasteiger charge is -2.30. The topological polar surface area (TPSA) is 151 Å². The van der Waals surface area contributed by atoms with Crippen LogP contribution in [0.15, 0.2) is 31.3 Å². The van der Waals surface area contributed by atoms with Gasteiger partial charge in [-0.25, -0.2) is 13.2 Å². The molecule has 11 nitrogen and oxygen atoms in total. The number of nitrogens with two attached hydrogens (primary N) is 1. The Morgan fingerprint density at radius 3 is 2.38 bits per heavy atom. The number of hydrogen-bond donors (Lipinski definition) is 1. The number of esters is 1. The van der Waals surface area contributed by atoms with E-state index in [1.165, 1.54) is 31.4 Å². The summed E-state index contributed by atoms with van der Waals surface area (Å²) in [5.74, 6) is -2.36. The standard InChI is InChI=1S/C19H24N4O7S2/c1-11(15(24)14-16(20)21(2)19(27)22(3)17(14)25)30-18(26)12-6-8-23(9-7-12)32(28,29)13-5-4-10-31-13/h4-5,10-12H,6-9,20H2,1-3H3/t11-/m0/s1. The second-order valence-corrected chi connectivity index (χ2v) is 10.6. The molecule has 0 amide bonds. The Morgan fingerprint density at radius 1 is 1.19 bits per heavy atom. The number of thiophene rings is 1. The number of nitrogens with zero attached hydrogens (tertiary/aromatic N) is 3. The van der Waals surface area contributed by atoms with Crippen molar-refractivity contribution in [3.63, 3.8) is 0 Å². The molecule has 3 heterocycles. The molecule has 2 aromatic heterocycles. The molecule has 1 fully saturated rings. The Morgan fingerprint density at radius 2 is 1.81 bits per heavy atom. The minimum Gasteiger partial charge on any atom is -0.454 e. The van der Waals surface area contributed by atoms with Gasteiger partial charge in [-0.05, 0) is 31.2 Å². The molecular formula is C19H24N4O7S2. The minimum atomic E-state index is -3.59. The molecule has 0 bridgehead atoms. The number of nitrogen functional groups attached to an aromatic ring is 1. The van der Waals surface area contributed by atoms with Crippen molar-refractivity contribution in [3.8, 4) is 0 Å². The summed E-state index contributed by atoms with van der Waals surface area (Å²) in [4.78, 5) is 49.6. The predicted molar refractivity (Wildman–Crippen MR) is 117 cm³/mol. The molecule has 0 saturated carbocycles. The average Bonchev–Trinajstić information content (AvgIpc) is 3.32. The van der Waals surface area contributed by atoms with Crippen LogP contribution in [0.25, 0.3) is 0 Å². The van der Waals surface area contributed by atoms with E-state index < -0.39 is 50.6 Å². The smallest absolute Gasteiger partial charge is 0.332 e. The molecule has 1 aliphatic heterocycles. The quantitative estimate of drug-likeness (QED) is 0.442. The van der Waals surface area contributed by atoms with E-state index in [1.54, 1.807) is 11.4 Å². The molecule has 1 aliphatic rings. The van der Waals surface area contributed by atoms with Gasteiger partial charge in [0, 0.05) is 27.2 Å². The molecule has 2 N–H and O–H groups in total. The highest BCUT2D eigenvalue weighted by Crippen LogP contribution is 2.27. The van der Waals surface area contributed by atoms with Crippen LogP contribution in [0, 0.1) is 5.92 Å². The summed E-state index contributed by atoms with van der Waals surface area (Å²) in [5, 5.41) is 1.68. The van der Waals surface area contributed by atoms with Crippen LogP contribution < -0.4 is 17.0 Å². The Balaban J connectivity index is 1.67. The lowest BCUT2D eigenvalue weighted by Crippen LogP contribution is -2.44. The molecule has 174 valence electrons. The summed E-state index contributed by atoms with van der Waals surface area (Å²) in [5.41, 5.74) is 3.81. The van der Waals surface area contributed by atoms with E-state index in [0.29, 0.717) is 0 Å².